The third kappa shape index (κ3) is 3.75. The molecule has 0 aliphatic rings. The van der Waals surface area contributed by atoms with E-state index in [-0.39, 0.29) is 16.9 Å². The zero-order valence-corrected chi connectivity index (χ0v) is 12.3. The number of aromatic nitrogens is 1. The van der Waals surface area contributed by atoms with E-state index in [2.05, 4.69) is 17.2 Å². The van der Waals surface area contributed by atoms with Gasteiger partial charge in [-0.1, -0.05) is 30.7 Å². The van der Waals surface area contributed by atoms with E-state index in [1.165, 1.54) is 0 Å². The summed E-state index contributed by atoms with van der Waals surface area (Å²) in [5.74, 6) is -0.331. The van der Waals surface area contributed by atoms with Crippen LogP contribution >= 0.6 is 22.9 Å². The first-order valence-corrected chi connectivity index (χ1v) is 7.52. The molecule has 0 saturated carbocycles. The van der Waals surface area contributed by atoms with Gasteiger partial charge in [0.25, 0.3) is 0 Å². The number of nitrogens with one attached hydrogen (secondary N) is 1. The maximum atomic E-state index is 14.1. The van der Waals surface area contributed by atoms with E-state index in [1.54, 1.807) is 35.0 Å². The molecule has 2 rings (SSSR count). The maximum Gasteiger partial charge on any atom is 0.146 e. The third-order valence-electron chi connectivity index (χ3n) is 2.89. The summed E-state index contributed by atoms with van der Waals surface area (Å²) in [6, 6.07) is 5.08. The monoisotopic (exact) mass is 298 g/mol. The van der Waals surface area contributed by atoms with Gasteiger partial charge in [0, 0.05) is 29.1 Å². The van der Waals surface area contributed by atoms with Gasteiger partial charge in [0.05, 0.1) is 10.5 Å². The Morgan fingerprint density at radius 3 is 3.00 bits per heavy atom. The van der Waals surface area contributed by atoms with E-state index >= 15 is 0 Å². The SMILES string of the molecule is CCCNC(Cc1cncs1)c1cccc(Cl)c1F. The Bertz CT molecular complexity index is 516. The van der Waals surface area contributed by atoms with Gasteiger partial charge in [-0.3, -0.25) is 4.98 Å². The molecule has 0 aliphatic heterocycles. The standard InChI is InChI=1S/C14H16ClFN2S/c1-2-6-18-13(7-10-8-17-9-19-10)11-4-3-5-12(15)14(11)16/h3-5,8-9,13,18H,2,6-7H2,1H3. The molecule has 19 heavy (non-hydrogen) atoms. The lowest BCUT2D eigenvalue weighted by molar-refractivity contribution is 0.499. The van der Waals surface area contributed by atoms with Crippen LogP contribution in [0.4, 0.5) is 4.39 Å². The maximum absolute atomic E-state index is 14.1. The molecule has 1 aromatic carbocycles. The fourth-order valence-corrected chi connectivity index (χ4v) is 2.77. The minimum absolute atomic E-state index is 0.0703. The quantitative estimate of drug-likeness (QED) is 0.864. The van der Waals surface area contributed by atoms with Crippen molar-refractivity contribution >= 4 is 22.9 Å². The highest BCUT2D eigenvalue weighted by Crippen LogP contribution is 2.26. The van der Waals surface area contributed by atoms with Gasteiger partial charge in [0.2, 0.25) is 0 Å². The van der Waals surface area contributed by atoms with Crippen LogP contribution in [-0.4, -0.2) is 11.5 Å². The summed E-state index contributed by atoms with van der Waals surface area (Å²) in [4.78, 5) is 5.19. The van der Waals surface area contributed by atoms with Crippen molar-refractivity contribution in [3.63, 3.8) is 0 Å². The van der Waals surface area contributed by atoms with Crippen molar-refractivity contribution in [3.05, 3.63) is 51.2 Å². The van der Waals surface area contributed by atoms with Gasteiger partial charge in [-0.15, -0.1) is 11.3 Å². The van der Waals surface area contributed by atoms with Gasteiger partial charge < -0.3 is 5.32 Å². The molecule has 0 bridgehead atoms. The normalized spacial score (nSPS) is 12.6. The molecular weight excluding hydrogens is 283 g/mol. The minimum atomic E-state index is -0.331. The predicted molar refractivity (Wildman–Crippen MR) is 78.3 cm³/mol. The first-order valence-electron chi connectivity index (χ1n) is 6.27. The second-order valence-electron chi connectivity index (χ2n) is 4.32. The second kappa shape index (κ2) is 6.98. The Balaban J connectivity index is 2.23. The number of rotatable bonds is 6. The van der Waals surface area contributed by atoms with Crippen LogP contribution in [0.1, 0.15) is 29.8 Å². The molecule has 1 N–H and O–H groups in total. The van der Waals surface area contributed by atoms with Crippen LogP contribution in [0.2, 0.25) is 5.02 Å². The van der Waals surface area contributed by atoms with Gasteiger partial charge in [-0.2, -0.15) is 0 Å². The van der Waals surface area contributed by atoms with E-state index in [9.17, 15) is 4.39 Å². The van der Waals surface area contributed by atoms with Crippen LogP contribution in [0.5, 0.6) is 0 Å². The van der Waals surface area contributed by atoms with E-state index < -0.39 is 0 Å². The van der Waals surface area contributed by atoms with E-state index in [4.69, 9.17) is 11.6 Å². The first kappa shape index (κ1) is 14.4. The summed E-state index contributed by atoms with van der Waals surface area (Å²) in [6.45, 7) is 2.93. The van der Waals surface area contributed by atoms with Gasteiger partial charge >= 0.3 is 0 Å². The number of hydrogen-bond donors (Lipinski definition) is 1. The van der Waals surface area contributed by atoms with Crippen molar-refractivity contribution in [1.29, 1.82) is 0 Å². The highest BCUT2D eigenvalue weighted by atomic mass is 35.5. The molecule has 2 nitrogen and oxygen atoms in total. The summed E-state index contributed by atoms with van der Waals surface area (Å²) < 4.78 is 14.1. The number of halogens is 2. The minimum Gasteiger partial charge on any atom is -0.310 e. The van der Waals surface area contributed by atoms with Crippen LogP contribution in [-0.2, 0) is 6.42 Å². The van der Waals surface area contributed by atoms with Crippen molar-refractivity contribution < 1.29 is 4.39 Å². The lowest BCUT2D eigenvalue weighted by Crippen LogP contribution is -2.24. The second-order valence-corrected chi connectivity index (χ2v) is 5.70. The predicted octanol–water partition coefficient (Wildman–Crippen LogP) is 4.22. The van der Waals surface area contributed by atoms with Crippen molar-refractivity contribution in [2.75, 3.05) is 6.54 Å². The molecule has 1 atom stereocenters. The molecule has 1 aromatic heterocycles. The summed E-state index contributed by atoms with van der Waals surface area (Å²) >= 11 is 7.44. The van der Waals surface area contributed by atoms with E-state index in [1.807, 2.05) is 6.20 Å². The van der Waals surface area contributed by atoms with Gasteiger partial charge in [-0.05, 0) is 19.0 Å². The van der Waals surface area contributed by atoms with Crippen LogP contribution in [0.3, 0.4) is 0 Å². The molecule has 0 fully saturated rings. The average molecular weight is 299 g/mol. The lowest BCUT2D eigenvalue weighted by Gasteiger charge is -2.19. The Morgan fingerprint density at radius 2 is 2.32 bits per heavy atom. The van der Waals surface area contributed by atoms with Crippen LogP contribution in [0, 0.1) is 5.82 Å². The summed E-state index contributed by atoms with van der Waals surface area (Å²) in [6.07, 6.45) is 3.55. The highest BCUT2D eigenvalue weighted by Gasteiger charge is 2.18. The zero-order valence-electron chi connectivity index (χ0n) is 10.7. The highest BCUT2D eigenvalue weighted by molar-refractivity contribution is 7.09. The van der Waals surface area contributed by atoms with E-state index in [0.717, 1.165) is 24.3 Å². The van der Waals surface area contributed by atoms with Gasteiger partial charge in [0.15, 0.2) is 0 Å². The Kier molecular flexibility index (Phi) is 5.31. The summed E-state index contributed by atoms with van der Waals surface area (Å²) in [5, 5.41) is 3.54. The molecule has 102 valence electrons. The average Bonchev–Trinajstić information content (AvgIpc) is 2.91. The molecular formula is C14H16ClFN2S. The van der Waals surface area contributed by atoms with Gasteiger partial charge in [-0.25, -0.2) is 4.39 Å². The van der Waals surface area contributed by atoms with Gasteiger partial charge in [0.1, 0.15) is 5.82 Å². The van der Waals surface area contributed by atoms with Crippen LogP contribution in [0.25, 0.3) is 0 Å². The lowest BCUT2D eigenvalue weighted by atomic mass is 10.0. The largest absolute Gasteiger partial charge is 0.310 e. The van der Waals surface area contributed by atoms with Crippen molar-refractivity contribution in [3.8, 4) is 0 Å². The molecule has 0 saturated heterocycles. The molecule has 5 heteroatoms. The van der Waals surface area contributed by atoms with Crippen LogP contribution < -0.4 is 5.32 Å². The number of nitrogens with zero attached hydrogens (tertiary/aromatic N) is 1. The summed E-state index contributed by atoms with van der Waals surface area (Å²) in [7, 11) is 0. The topological polar surface area (TPSA) is 24.9 Å². The molecule has 0 amide bonds. The molecule has 1 heterocycles. The van der Waals surface area contributed by atoms with Crippen molar-refractivity contribution in [2.45, 2.75) is 25.8 Å². The zero-order chi connectivity index (χ0) is 13.7. The van der Waals surface area contributed by atoms with Crippen LogP contribution in [0.15, 0.2) is 29.9 Å². The van der Waals surface area contributed by atoms with Crippen molar-refractivity contribution in [1.82, 2.24) is 10.3 Å². The molecule has 1 unspecified atom stereocenters. The molecule has 0 aliphatic carbocycles. The van der Waals surface area contributed by atoms with Crippen molar-refractivity contribution in [2.24, 2.45) is 0 Å². The number of hydrogen-bond acceptors (Lipinski definition) is 3. The molecule has 0 spiro atoms. The Hall–Kier alpha value is -0.970. The fourth-order valence-electron chi connectivity index (χ4n) is 1.94. The summed E-state index contributed by atoms with van der Waals surface area (Å²) in [5.41, 5.74) is 2.41. The Labute approximate surface area is 121 Å². The molecule has 0 radical (unpaired) electrons. The third-order valence-corrected chi connectivity index (χ3v) is 3.98. The first-order chi connectivity index (χ1) is 9.22. The fraction of sp³-hybridized carbons (Fsp3) is 0.357. The number of benzene rings is 1. The smallest absolute Gasteiger partial charge is 0.146 e. The molecule has 2 aromatic rings. The Morgan fingerprint density at radius 1 is 1.47 bits per heavy atom. The van der Waals surface area contributed by atoms with E-state index in [0.29, 0.717) is 5.56 Å². The number of thiazole rings is 1.